The van der Waals surface area contributed by atoms with Gasteiger partial charge in [0.15, 0.2) is 0 Å². The SMILES string of the molecule is CCC1(CNCC2(CC(N)=NO)CC2)CCCC1. The molecule has 0 heterocycles. The smallest absolute Gasteiger partial charge is 0.139 e. The molecule has 0 aromatic rings. The van der Waals surface area contributed by atoms with Crippen molar-refractivity contribution in [2.45, 2.75) is 58.3 Å². The molecule has 0 aromatic carbocycles. The molecule has 0 saturated heterocycles. The summed E-state index contributed by atoms with van der Waals surface area (Å²) in [4.78, 5) is 0. The summed E-state index contributed by atoms with van der Waals surface area (Å²) in [6.07, 6.45) is 9.97. The van der Waals surface area contributed by atoms with Crippen molar-refractivity contribution in [3.63, 3.8) is 0 Å². The van der Waals surface area contributed by atoms with Crippen LogP contribution in [0, 0.1) is 10.8 Å². The number of hydrogen-bond acceptors (Lipinski definition) is 3. The number of nitrogens with zero attached hydrogens (tertiary/aromatic N) is 1. The zero-order valence-corrected chi connectivity index (χ0v) is 11.5. The molecule has 2 saturated carbocycles. The van der Waals surface area contributed by atoms with Crippen LogP contribution in [0.4, 0.5) is 0 Å². The van der Waals surface area contributed by atoms with Gasteiger partial charge in [-0.1, -0.05) is 24.9 Å². The van der Waals surface area contributed by atoms with Gasteiger partial charge in [-0.05, 0) is 42.9 Å². The number of oxime groups is 1. The summed E-state index contributed by atoms with van der Waals surface area (Å²) in [5.74, 6) is 0.375. The van der Waals surface area contributed by atoms with Crippen LogP contribution in [0.25, 0.3) is 0 Å². The van der Waals surface area contributed by atoms with E-state index >= 15 is 0 Å². The van der Waals surface area contributed by atoms with E-state index in [4.69, 9.17) is 10.9 Å². The Morgan fingerprint density at radius 1 is 1.17 bits per heavy atom. The van der Waals surface area contributed by atoms with Gasteiger partial charge in [0.2, 0.25) is 0 Å². The second-order valence-corrected chi connectivity index (χ2v) is 6.43. The zero-order chi connectivity index (χ0) is 13.1. The van der Waals surface area contributed by atoms with Gasteiger partial charge in [0, 0.05) is 19.5 Å². The summed E-state index contributed by atoms with van der Waals surface area (Å²) < 4.78 is 0. The molecule has 104 valence electrons. The van der Waals surface area contributed by atoms with Gasteiger partial charge in [-0.15, -0.1) is 0 Å². The van der Waals surface area contributed by atoms with Gasteiger partial charge in [-0.2, -0.15) is 0 Å². The standard InChI is InChI=1S/C14H27N3O/c1-2-13(5-3-4-6-13)10-16-11-14(7-8-14)9-12(15)17-18/h16,18H,2-11H2,1H3,(H2,15,17). The van der Waals surface area contributed by atoms with Crippen LogP contribution in [-0.2, 0) is 0 Å². The van der Waals surface area contributed by atoms with Crippen molar-refractivity contribution >= 4 is 5.84 Å². The Bertz CT molecular complexity index is 304. The molecule has 0 bridgehead atoms. The van der Waals surface area contributed by atoms with Crippen molar-refractivity contribution in [3.8, 4) is 0 Å². The van der Waals surface area contributed by atoms with E-state index in [-0.39, 0.29) is 5.41 Å². The fraction of sp³-hybridized carbons (Fsp3) is 0.929. The van der Waals surface area contributed by atoms with Gasteiger partial charge in [-0.25, -0.2) is 0 Å². The highest BCUT2D eigenvalue weighted by molar-refractivity contribution is 5.80. The molecule has 18 heavy (non-hydrogen) atoms. The predicted octanol–water partition coefficient (Wildman–Crippen LogP) is 2.46. The number of nitrogens with one attached hydrogen (secondary N) is 1. The summed E-state index contributed by atoms with van der Waals surface area (Å²) in [7, 11) is 0. The lowest BCUT2D eigenvalue weighted by Crippen LogP contribution is -2.36. The highest BCUT2D eigenvalue weighted by atomic mass is 16.4. The molecule has 4 nitrogen and oxygen atoms in total. The molecule has 2 aliphatic carbocycles. The van der Waals surface area contributed by atoms with Crippen LogP contribution in [0.3, 0.4) is 0 Å². The first-order valence-electron chi connectivity index (χ1n) is 7.31. The lowest BCUT2D eigenvalue weighted by molar-refractivity contribution is 0.259. The first-order chi connectivity index (χ1) is 8.64. The van der Waals surface area contributed by atoms with E-state index in [0.717, 1.165) is 19.5 Å². The van der Waals surface area contributed by atoms with Crippen LogP contribution >= 0.6 is 0 Å². The molecule has 2 rings (SSSR count). The maximum atomic E-state index is 8.65. The zero-order valence-electron chi connectivity index (χ0n) is 11.5. The quantitative estimate of drug-likeness (QED) is 0.282. The maximum absolute atomic E-state index is 8.65. The topological polar surface area (TPSA) is 70.6 Å². The summed E-state index contributed by atoms with van der Waals surface area (Å²) in [6.45, 7) is 4.47. The number of hydrogen-bond donors (Lipinski definition) is 3. The molecule has 0 spiro atoms. The van der Waals surface area contributed by atoms with Crippen molar-refractivity contribution in [1.29, 1.82) is 0 Å². The second-order valence-electron chi connectivity index (χ2n) is 6.43. The monoisotopic (exact) mass is 253 g/mol. The van der Waals surface area contributed by atoms with E-state index in [0.29, 0.717) is 11.3 Å². The van der Waals surface area contributed by atoms with E-state index in [1.807, 2.05) is 0 Å². The third-order valence-corrected chi connectivity index (χ3v) is 5.06. The Balaban J connectivity index is 1.75. The minimum absolute atomic E-state index is 0.282. The fourth-order valence-corrected chi connectivity index (χ4v) is 3.39. The van der Waals surface area contributed by atoms with E-state index < -0.39 is 0 Å². The molecule has 2 fully saturated rings. The van der Waals surface area contributed by atoms with Crippen molar-refractivity contribution in [2.75, 3.05) is 13.1 Å². The molecule has 0 radical (unpaired) electrons. The van der Waals surface area contributed by atoms with Crippen molar-refractivity contribution in [2.24, 2.45) is 21.7 Å². The Kier molecular flexibility index (Phi) is 4.15. The van der Waals surface area contributed by atoms with Crippen LogP contribution in [0.15, 0.2) is 5.16 Å². The van der Waals surface area contributed by atoms with Gasteiger partial charge in [0.25, 0.3) is 0 Å². The highest BCUT2D eigenvalue weighted by Gasteiger charge is 2.43. The van der Waals surface area contributed by atoms with Crippen molar-refractivity contribution < 1.29 is 5.21 Å². The van der Waals surface area contributed by atoms with Gasteiger partial charge < -0.3 is 16.3 Å². The third-order valence-electron chi connectivity index (χ3n) is 5.06. The Labute approximate surface area is 110 Å². The van der Waals surface area contributed by atoms with Gasteiger partial charge >= 0.3 is 0 Å². The van der Waals surface area contributed by atoms with Crippen LogP contribution in [0.2, 0.25) is 0 Å². The summed E-state index contributed by atoms with van der Waals surface area (Å²) >= 11 is 0. The lowest BCUT2D eigenvalue weighted by Gasteiger charge is -2.29. The second kappa shape index (κ2) is 5.47. The average Bonchev–Trinajstić information content (AvgIpc) is 2.96. The Hall–Kier alpha value is -0.770. The molecular weight excluding hydrogens is 226 g/mol. The minimum Gasteiger partial charge on any atom is -0.409 e. The summed E-state index contributed by atoms with van der Waals surface area (Å²) in [5.41, 5.74) is 6.45. The van der Waals surface area contributed by atoms with Crippen molar-refractivity contribution in [3.05, 3.63) is 0 Å². The predicted molar refractivity (Wildman–Crippen MR) is 73.8 cm³/mol. The first-order valence-corrected chi connectivity index (χ1v) is 7.31. The average molecular weight is 253 g/mol. The van der Waals surface area contributed by atoms with Gasteiger partial charge in [0.05, 0.1) is 0 Å². The molecule has 2 aliphatic rings. The van der Waals surface area contributed by atoms with E-state index in [2.05, 4.69) is 17.4 Å². The largest absolute Gasteiger partial charge is 0.409 e. The van der Waals surface area contributed by atoms with Crippen molar-refractivity contribution in [1.82, 2.24) is 5.32 Å². The molecular formula is C14H27N3O. The summed E-state index contributed by atoms with van der Waals surface area (Å²) in [6, 6.07) is 0. The minimum atomic E-state index is 0.282. The molecule has 0 aliphatic heterocycles. The van der Waals surface area contributed by atoms with Gasteiger partial charge in [-0.3, -0.25) is 0 Å². The van der Waals surface area contributed by atoms with Crippen LogP contribution in [0.5, 0.6) is 0 Å². The maximum Gasteiger partial charge on any atom is 0.139 e. The van der Waals surface area contributed by atoms with E-state index in [9.17, 15) is 0 Å². The van der Waals surface area contributed by atoms with Gasteiger partial charge in [0.1, 0.15) is 5.84 Å². The molecule has 0 aromatic heterocycles. The fourth-order valence-electron chi connectivity index (χ4n) is 3.39. The molecule has 4 N–H and O–H groups in total. The van der Waals surface area contributed by atoms with E-state index in [1.54, 1.807) is 0 Å². The highest BCUT2D eigenvalue weighted by Crippen LogP contribution is 2.48. The third kappa shape index (κ3) is 3.16. The summed E-state index contributed by atoms with van der Waals surface area (Å²) in [5, 5.41) is 15.4. The molecule has 4 heteroatoms. The number of amidine groups is 1. The Morgan fingerprint density at radius 2 is 1.78 bits per heavy atom. The molecule has 0 unspecified atom stereocenters. The number of nitrogens with two attached hydrogens (primary N) is 1. The Morgan fingerprint density at radius 3 is 2.28 bits per heavy atom. The first kappa shape index (κ1) is 13.7. The lowest BCUT2D eigenvalue weighted by atomic mass is 9.83. The van der Waals surface area contributed by atoms with Crippen LogP contribution in [-0.4, -0.2) is 24.1 Å². The van der Waals surface area contributed by atoms with Crippen LogP contribution in [0.1, 0.15) is 58.3 Å². The normalized spacial score (nSPS) is 25.3. The number of rotatable bonds is 7. The molecule has 0 atom stereocenters. The van der Waals surface area contributed by atoms with E-state index in [1.165, 1.54) is 44.9 Å². The van der Waals surface area contributed by atoms with Crippen LogP contribution < -0.4 is 11.1 Å². The molecule has 0 amide bonds.